The SMILES string of the molecule is CC(=O)[C@@H](OC(C)(C)C)c1c(CF)cc2ccccc2c1-c1ccc2c3c(ccnc13)CCO2. The van der Waals surface area contributed by atoms with E-state index in [0.717, 1.165) is 45.0 Å². The zero-order valence-corrected chi connectivity index (χ0v) is 19.9. The zero-order chi connectivity index (χ0) is 24.0. The molecule has 0 unspecified atom stereocenters. The fraction of sp³-hybridized carbons (Fsp3) is 0.310. The Balaban J connectivity index is 1.92. The summed E-state index contributed by atoms with van der Waals surface area (Å²) in [6.07, 6.45) is 1.70. The summed E-state index contributed by atoms with van der Waals surface area (Å²) in [5, 5.41) is 2.81. The number of Topliss-reactive ketones (excluding diaryl/α,β-unsaturated/α-hetero) is 1. The Morgan fingerprint density at radius 1 is 1.18 bits per heavy atom. The number of aromatic nitrogens is 1. The second-order valence-electron chi connectivity index (χ2n) is 9.80. The van der Waals surface area contributed by atoms with Crippen LogP contribution in [-0.4, -0.2) is 23.0 Å². The minimum Gasteiger partial charge on any atom is -0.493 e. The summed E-state index contributed by atoms with van der Waals surface area (Å²) in [5.74, 6) is 0.634. The number of alkyl halides is 1. The molecular formula is C29H28FNO3. The summed E-state index contributed by atoms with van der Waals surface area (Å²) in [7, 11) is 0. The van der Waals surface area contributed by atoms with Crippen LogP contribution in [0.15, 0.2) is 54.7 Å². The minimum atomic E-state index is -0.910. The third-order valence-electron chi connectivity index (χ3n) is 6.26. The van der Waals surface area contributed by atoms with Crippen LogP contribution in [0.1, 0.15) is 50.5 Å². The lowest BCUT2D eigenvalue weighted by Gasteiger charge is -2.30. The van der Waals surface area contributed by atoms with Gasteiger partial charge in [-0.25, -0.2) is 4.39 Å². The zero-order valence-electron chi connectivity index (χ0n) is 19.9. The Labute approximate surface area is 198 Å². The molecule has 34 heavy (non-hydrogen) atoms. The molecule has 0 radical (unpaired) electrons. The molecule has 0 bridgehead atoms. The molecule has 0 saturated carbocycles. The average molecular weight is 458 g/mol. The summed E-state index contributed by atoms with van der Waals surface area (Å²) in [6, 6.07) is 15.7. The number of carbonyl (C=O) groups excluding carboxylic acids is 1. The lowest BCUT2D eigenvalue weighted by Crippen LogP contribution is -2.27. The van der Waals surface area contributed by atoms with Crippen LogP contribution in [-0.2, 0) is 22.6 Å². The van der Waals surface area contributed by atoms with Crippen LogP contribution in [0.25, 0.3) is 32.8 Å². The molecule has 1 aliphatic heterocycles. The number of hydrogen-bond donors (Lipinski definition) is 0. The fourth-order valence-electron chi connectivity index (χ4n) is 4.92. The summed E-state index contributed by atoms with van der Waals surface area (Å²) >= 11 is 0. The van der Waals surface area contributed by atoms with Crippen molar-refractivity contribution in [2.75, 3.05) is 6.61 Å². The Kier molecular flexibility index (Phi) is 5.61. The van der Waals surface area contributed by atoms with Gasteiger partial charge in [0.25, 0.3) is 0 Å². The number of halogens is 1. The van der Waals surface area contributed by atoms with E-state index in [4.69, 9.17) is 14.5 Å². The number of nitrogens with zero attached hydrogens (tertiary/aromatic N) is 1. The first-order valence-electron chi connectivity index (χ1n) is 11.6. The van der Waals surface area contributed by atoms with E-state index in [1.807, 2.05) is 75.5 Å². The van der Waals surface area contributed by atoms with Crippen LogP contribution < -0.4 is 4.74 Å². The summed E-state index contributed by atoms with van der Waals surface area (Å²) in [5.41, 5.74) is 4.02. The van der Waals surface area contributed by atoms with Gasteiger partial charge in [0, 0.05) is 29.1 Å². The van der Waals surface area contributed by atoms with Gasteiger partial charge in [0.1, 0.15) is 18.5 Å². The Morgan fingerprint density at radius 2 is 1.97 bits per heavy atom. The molecule has 0 spiro atoms. The second-order valence-corrected chi connectivity index (χ2v) is 9.80. The summed E-state index contributed by atoms with van der Waals surface area (Å²) in [4.78, 5) is 17.7. The highest BCUT2D eigenvalue weighted by atomic mass is 19.1. The summed E-state index contributed by atoms with van der Waals surface area (Å²) in [6.45, 7) is 7.13. The van der Waals surface area contributed by atoms with Crippen LogP contribution in [0.3, 0.4) is 0 Å². The fourth-order valence-corrected chi connectivity index (χ4v) is 4.92. The number of benzene rings is 3. The lowest BCUT2D eigenvalue weighted by molar-refractivity contribution is -0.138. The van der Waals surface area contributed by atoms with Gasteiger partial charge in [-0.3, -0.25) is 9.78 Å². The van der Waals surface area contributed by atoms with E-state index in [1.54, 1.807) is 0 Å². The first-order chi connectivity index (χ1) is 16.3. The molecule has 1 atom stereocenters. The number of pyridine rings is 1. The van der Waals surface area contributed by atoms with Crippen molar-refractivity contribution in [3.8, 4) is 16.9 Å². The lowest BCUT2D eigenvalue weighted by atomic mass is 9.84. The van der Waals surface area contributed by atoms with E-state index in [2.05, 4.69) is 0 Å². The van der Waals surface area contributed by atoms with E-state index in [0.29, 0.717) is 17.7 Å². The number of hydrogen-bond acceptors (Lipinski definition) is 4. The van der Waals surface area contributed by atoms with Crippen molar-refractivity contribution in [3.63, 3.8) is 0 Å². The van der Waals surface area contributed by atoms with Crippen LogP contribution >= 0.6 is 0 Å². The third kappa shape index (κ3) is 3.84. The van der Waals surface area contributed by atoms with E-state index in [9.17, 15) is 9.18 Å². The molecule has 4 nitrogen and oxygen atoms in total. The number of carbonyl (C=O) groups is 1. The molecule has 2 heterocycles. The predicted molar refractivity (Wildman–Crippen MR) is 133 cm³/mol. The van der Waals surface area contributed by atoms with Crippen molar-refractivity contribution < 1.29 is 18.7 Å². The van der Waals surface area contributed by atoms with Crippen LogP contribution in [0, 0.1) is 0 Å². The first kappa shape index (κ1) is 22.5. The topological polar surface area (TPSA) is 48.4 Å². The minimum absolute atomic E-state index is 0.167. The van der Waals surface area contributed by atoms with Gasteiger partial charge < -0.3 is 9.47 Å². The summed E-state index contributed by atoms with van der Waals surface area (Å²) < 4.78 is 26.8. The van der Waals surface area contributed by atoms with Gasteiger partial charge in [-0.05, 0) is 79.4 Å². The third-order valence-corrected chi connectivity index (χ3v) is 6.26. The molecule has 0 saturated heterocycles. The molecule has 0 amide bonds. The Morgan fingerprint density at radius 3 is 2.71 bits per heavy atom. The highest BCUT2D eigenvalue weighted by Crippen LogP contribution is 2.45. The molecule has 0 aliphatic carbocycles. The molecule has 3 aromatic carbocycles. The normalized spacial score (nSPS) is 14.3. The number of fused-ring (bicyclic) bond motifs is 1. The van der Waals surface area contributed by atoms with Crippen LogP contribution in [0.5, 0.6) is 5.75 Å². The molecular weight excluding hydrogens is 429 g/mol. The van der Waals surface area contributed by atoms with Gasteiger partial charge in [-0.15, -0.1) is 0 Å². The van der Waals surface area contributed by atoms with Crippen molar-refractivity contribution in [1.29, 1.82) is 0 Å². The Bertz CT molecular complexity index is 1410. The van der Waals surface area contributed by atoms with E-state index in [-0.39, 0.29) is 5.78 Å². The smallest absolute Gasteiger partial charge is 0.163 e. The molecule has 5 rings (SSSR count). The van der Waals surface area contributed by atoms with E-state index in [1.165, 1.54) is 12.5 Å². The van der Waals surface area contributed by atoms with Crippen molar-refractivity contribution in [1.82, 2.24) is 4.98 Å². The largest absolute Gasteiger partial charge is 0.493 e. The van der Waals surface area contributed by atoms with Crippen molar-refractivity contribution >= 4 is 27.5 Å². The number of ether oxygens (including phenoxy) is 2. The highest BCUT2D eigenvalue weighted by Gasteiger charge is 2.31. The highest BCUT2D eigenvalue weighted by molar-refractivity contribution is 6.09. The van der Waals surface area contributed by atoms with E-state index < -0.39 is 18.4 Å². The average Bonchev–Trinajstić information content (AvgIpc) is 2.81. The predicted octanol–water partition coefficient (Wildman–Crippen LogP) is 6.90. The number of rotatable bonds is 5. The monoisotopic (exact) mass is 457 g/mol. The molecule has 5 heteroatoms. The maximum Gasteiger partial charge on any atom is 0.163 e. The standard InChI is InChI=1S/C29H28FNO3/c1-17(32)28(34-29(2,3)4)25-20(16-30)15-19-7-5-6-8-21(19)26(25)22-9-10-23-24-18(12-14-33-23)11-13-31-27(22)24/h5-11,13,15,28H,12,14,16H2,1-4H3/t28-/m1/s1. The molecule has 0 N–H and O–H groups in total. The van der Waals surface area contributed by atoms with Gasteiger partial charge in [0.15, 0.2) is 5.78 Å². The van der Waals surface area contributed by atoms with E-state index >= 15 is 0 Å². The maximum absolute atomic E-state index is 14.6. The molecule has 4 aromatic rings. The van der Waals surface area contributed by atoms with Crippen LogP contribution in [0.4, 0.5) is 4.39 Å². The van der Waals surface area contributed by atoms with Gasteiger partial charge in [0.05, 0.1) is 17.7 Å². The van der Waals surface area contributed by atoms with Crippen molar-refractivity contribution in [2.24, 2.45) is 0 Å². The quantitative estimate of drug-likeness (QED) is 0.327. The molecule has 174 valence electrons. The van der Waals surface area contributed by atoms with Crippen LogP contribution in [0.2, 0.25) is 0 Å². The van der Waals surface area contributed by atoms with Gasteiger partial charge in [-0.2, -0.15) is 0 Å². The molecule has 1 aromatic heterocycles. The molecule has 1 aliphatic rings. The van der Waals surface area contributed by atoms with Gasteiger partial charge in [0.2, 0.25) is 0 Å². The molecule has 0 fully saturated rings. The van der Waals surface area contributed by atoms with Gasteiger partial charge >= 0.3 is 0 Å². The maximum atomic E-state index is 14.6. The second kappa shape index (κ2) is 8.48. The van der Waals surface area contributed by atoms with Gasteiger partial charge in [-0.1, -0.05) is 24.3 Å². The van der Waals surface area contributed by atoms with Crippen molar-refractivity contribution in [2.45, 2.75) is 52.5 Å². The first-order valence-corrected chi connectivity index (χ1v) is 11.6. The van der Waals surface area contributed by atoms with Crippen molar-refractivity contribution in [3.05, 3.63) is 71.4 Å². The Hall–Kier alpha value is -3.31. The number of ketones is 1.